The number of hydrogen-bond acceptors (Lipinski definition) is 3. The molecule has 0 radical (unpaired) electrons. The number of aliphatic carboxylic acids is 1. The average molecular weight is 251 g/mol. The molecule has 100 valence electrons. The Bertz CT molecular complexity index is 353. The van der Waals surface area contributed by atoms with Crippen LogP contribution in [0.25, 0.3) is 0 Å². The standard InChI is InChI=1S/C14H21NO3/c1-3-18-10-9-15(2)13(11-14(16)17)12-7-5-4-6-8-12/h4-8,13H,3,9-11H2,1-2H3,(H,16,17). The predicted molar refractivity (Wildman–Crippen MR) is 70.6 cm³/mol. The lowest BCUT2D eigenvalue weighted by Crippen LogP contribution is -2.30. The molecule has 18 heavy (non-hydrogen) atoms. The van der Waals surface area contributed by atoms with Crippen molar-refractivity contribution < 1.29 is 14.6 Å². The highest BCUT2D eigenvalue weighted by Gasteiger charge is 2.19. The molecule has 0 fully saturated rings. The van der Waals surface area contributed by atoms with Crippen LogP contribution in [0.5, 0.6) is 0 Å². The zero-order valence-corrected chi connectivity index (χ0v) is 11.0. The third-order valence-electron chi connectivity index (χ3n) is 2.88. The fourth-order valence-electron chi connectivity index (χ4n) is 1.88. The van der Waals surface area contributed by atoms with Crippen molar-refractivity contribution in [2.45, 2.75) is 19.4 Å². The van der Waals surface area contributed by atoms with Crippen molar-refractivity contribution in [2.24, 2.45) is 0 Å². The Morgan fingerprint density at radius 1 is 1.39 bits per heavy atom. The van der Waals surface area contributed by atoms with Crippen molar-refractivity contribution in [1.82, 2.24) is 4.90 Å². The van der Waals surface area contributed by atoms with Gasteiger partial charge in [0.25, 0.3) is 0 Å². The summed E-state index contributed by atoms with van der Waals surface area (Å²) in [5.41, 5.74) is 1.03. The van der Waals surface area contributed by atoms with Gasteiger partial charge in [0.1, 0.15) is 0 Å². The van der Waals surface area contributed by atoms with Crippen LogP contribution in [0, 0.1) is 0 Å². The monoisotopic (exact) mass is 251 g/mol. The minimum absolute atomic E-state index is 0.104. The molecule has 1 unspecified atom stereocenters. The van der Waals surface area contributed by atoms with Crippen molar-refractivity contribution in [3.8, 4) is 0 Å². The van der Waals surface area contributed by atoms with Gasteiger partial charge in [0.2, 0.25) is 0 Å². The van der Waals surface area contributed by atoms with Crippen LogP contribution in [-0.4, -0.2) is 42.8 Å². The number of ether oxygens (including phenoxy) is 1. The molecule has 1 aromatic carbocycles. The van der Waals surface area contributed by atoms with Gasteiger partial charge in [0.15, 0.2) is 0 Å². The molecule has 0 heterocycles. The van der Waals surface area contributed by atoms with Crippen molar-refractivity contribution in [3.05, 3.63) is 35.9 Å². The van der Waals surface area contributed by atoms with E-state index in [4.69, 9.17) is 9.84 Å². The Balaban J connectivity index is 2.69. The highest BCUT2D eigenvalue weighted by Crippen LogP contribution is 2.22. The Morgan fingerprint density at radius 3 is 2.61 bits per heavy atom. The van der Waals surface area contributed by atoms with Gasteiger partial charge in [0, 0.05) is 19.2 Å². The minimum atomic E-state index is -0.785. The molecule has 1 atom stereocenters. The smallest absolute Gasteiger partial charge is 0.305 e. The first kappa shape index (κ1) is 14.7. The summed E-state index contributed by atoms with van der Waals surface area (Å²) in [6, 6.07) is 9.61. The Labute approximate surface area is 108 Å². The highest BCUT2D eigenvalue weighted by molar-refractivity contribution is 5.67. The minimum Gasteiger partial charge on any atom is -0.481 e. The average Bonchev–Trinajstić information content (AvgIpc) is 2.37. The van der Waals surface area contributed by atoms with E-state index in [1.54, 1.807) is 0 Å². The van der Waals surface area contributed by atoms with E-state index in [9.17, 15) is 4.79 Å². The molecule has 4 heteroatoms. The third-order valence-corrected chi connectivity index (χ3v) is 2.88. The van der Waals surface area contributed by atoms with E-state index in [1.165, 1.54) is 0 Å². The maximum atomic E-state index is 11.0. The van der Waals surface area contributed by atoms with Gasteiger partial charge in [-0.25, -0.2) is 0 Å². The van der Waals surface area contributed by atoms with Gasteiger partial charge in [-0.05, 0) is 19.5 Å². The fourth-order valence-corrected chi connectivity index (χ4v) is 1.88. The number of rotatable bonds is 8. The second kappa shape index (κ2) is 7.84. The second-order valence-electron chi connectivity index (χ2n) is 4.20. The SMILES string of the molecule is CCOCCN(C)C(CC(=O)O)c1ccccc1. The van der Waals surface area contributed by atoms with Gasteiger partial charge in [0.05, 0.1) is 13.0 Å². The van der Waals surface area contributed by atoms with Gasteiger partial charge in [-0.1, -0.05) is 30.3 Å². The largest absolute Gasteiger partial charge is 0.481 e. The first-order valence-corrected chi connectivity index (χ1v) is 6.19. The molecule has 0 aromatic heterocycles. The Hall–Kier alpha value is -1.39. The lowest BCUT2D eigenvalue weighted by molar-refractivity contribution is -0.138. The normalized spacial score (nSPS) is 12.6. The molecule has 0 spiro atoms. The maximum Gasteiger partial charge on any atom is 0.305 e. The summed E-state index contributed by atoms with van der Waals surface area (Å²) in [5.74, 6) is -0.785. The van der Waals surface area contributed by atoms with Crippen molar-refractivity contribution in [2.75, 3.05) is 26.8 Å². The topological polar surface area (TPSA) is 49.8 Å². The first-order valence-electron chi connectivity index (χ1n) is 6.19. The molecule has 0 aliphatic rings. The van der Waals surface area contributed by atoms with E-state index in [0.29, 0.717) is 13.2 Å². The zero-order chi connectivity index (χ0) is 13.4. The number of benzene rings is 1. The number of carboxylic acid groups (broad SMARTS) is 1. The van der Waals surface area contributed by atoms with Crippen molar-refractivity contribution >= 4 is 5.97 Å². The molecular weight excluding hydrogens is 230 g/mol. The van der Waals surface area contributed by atoms with E-state index >= 15 is 0 Å². The van der Waals surface area contributed by atoms with E-state index in [1.807, 2.05) is 49.2 Å². The van der Waals surface area contributed by atoms with E-state index in [2.05, 4.69) is 0 Å². The van der Waals surface area contributed by atoms with Crippen molar-refractivity contribution in [1.29, 1.82) is 0 Å². The molecule has 0 aliphatic heterocycles. The van der Waals surface area contributed by atoms with Gasteiger partial charge in [-0.15, -0.1) is 0 Å². The third kappa shape index (κ3) is 4.85. The fraction of sp³-hybridized carbons (Fsp3) is 0.500. The quantitative estimate of drug-likeness (QED) is 0.719. The summed E-state index contributed by atoms with van der Waals surface area (Å²) in [5, 5.41) is 9.01. The van der Waals surface area contributed by atoms with Gasteiger partial charge < -0.3 is 9.84 Å². The summed E-state index contributed by atoms with van der Waals surface area (Å²) in [4.78, 5) is 13.0. The van der Waals surface area contributed by atoms with Crippen LogP contribution < -0.4 is 0 Å². The molecule has 0 bridgehead atoms. The number of carbonyl (C=O) groups is 1. The molecular formula is C14H21NO3. The zero-order valence-electron chi connectivity index (χ0n) is 11.0. The summed E-state index contributed by atoms with van der Waals surface area (Å²) < 4.78 is 5.31. The van der Waals surface area contributed by atoms with Gasteiger partial charge in [-0.3, -0.25) is 9.69 Å². The molecule has 1 aromatic rings. The second-order valence-corrected chi connectivity index (χ2v) is 4.20. The summed E-state index contributed by atoms with van der Waals surface area (Å²) in [6.45, 7) is 3.98. The molecule has 0 amide bonds. The van der Waals surface area contributed by atoms with E-state index in [-0.39, 0.29) is 12.5 Å². The molecule has 0 aliphatic carbocycles. The van der Waals surface area contributed by atoms with Crippen LogP contribution in [-0.2, 0) is 9.53 Å². The van der Waals surface area contributed by atoms with Crippen LogP contribution in [0.15, 0.2) is 30.3 Å². The van der Waals surface area contributed by atoms with Crippen molar-refractivity contribution in [3.63, 3.8) is 0 Å². The van der Waals surface area contributed by atoms with Crippen LogP contribution in [0.4, 0.5) is 0 Å². The molecule has 0 saturated carbocycles. The summed E-state index contributed by atoms with van der Waals surface area (Å²) in [6.07, 6.45) is 0.104. The number of likely N-dealkylation sites (N-methyl/N-ethyl adjacent to an activating group) is 1. The first-order chi connectivity index (χ1) is 8.65. The molecule has 1 N–H and O–H groups in total. The van der Waals surface area contributed by atoms with E-state index in [0.717, 1.165) is 12.1 Å². The van der Waals surface area contributed by atoms with E-state index < -0.39 is 5.97 Å². The Morgan fingerprint density at radius 2 is 2.06 bits per heavy atom. The van der Waals surface area contributed by atoms with Gasteiger partial charge >= 0.3 is 5.97 Å². The van der Waals surface area contributed by atoms with Crippen LogP contribution in [0.1, 0.15) is 24.9 Å². The highest BCUT2D eigenvalue weighted by atomic mass is 16.5. The number of nitrogens with zero attached hydrogens (tertiary/aromatic N) is 1. The Kier molecular flexibility index (Phi) is 6.39. The van der Waals surface area contributed by atoms with Crippen LogP contribution in [0.2, 0.25) is 0 Å². The number of hydrogen-bond donors (Lipinski definition) is 1. The maximum absolute atomic E-state index is 11.0. The predicted octanol–water partition coefficient (Wildman–Crippen LogP) is 2.17. The summed E-state index contributed by atoms with van der Waals surface area (Å²) in [7, 11) is 1.93. The molecule has 4 nitrogen and oxygen atoms in total. The van der Waals surface area contributed by atoms with Crippen LogP contribution in [0.3, 0.4) is 0 Å². The lowest BCUT2D eigenvalue weighted by Gasteiger charge is -2.27. The summed E-state index contributed by atoms with van der Waals surface area (Å²) >= 11 is 0. The van der Waals surface area contributed by atoms with Crippen LogP contribution >= 0.6 is 0 Å². The van der Waals surface area contributed by atoms with Gasteiger partial charge in [-0.2, -0.15) is 0 Å². The molecule has 0 saturated heterocycles. The molecule has 1 rings (SSSR count). The number of carboxylic acids is 1. The lowest BCUT2D eigenvalue weighted by atomic mass is 10.0.